The first-order valence-corrected chi connectivity index (χ1v) is 7.26. The maximum absolute atomic E-state index is 12.4. The van der Waals surface area contributed by atoms with Gasteiger partial charge < -0.3 is 20.0 Å². The molecule has 0 saturated heterocycles. The summed E-state index contributed by atoms with van der Waals surface area (Å²) < 4.78 is 10.8. The van der Waals surface area contributed by atoms with Crippen LogP contribution in [0.1, 0.15) is 25.3 Å². The van der Waals surface area contributed by atoms with E-state index >= 15 is 0 Å². The molecule has 0 spiro atoms. The van der Waals surface area contributed by atoms with Crippen LogP contribution in [0.2, 0.25) is 0 Å². The first kappa shape index (κ1) is 15.1. The van der Waals surface area contributed by atoms with Crippen LogP contribution in [0.5, 0.6) is 0 Å². The number of pyridine rings is 1. The molecule has 0 saturated carbocycles. The third-order valence-corrected chi connectivity index (χ3v) is 3.84. The summed E-state index contributed by atoms with van der Waals surface area (Å²) in [6.07, 6.45) is 2.69. The summed E-state index contributed by atoms with van der Waals surface area (Å²) in [5, 5.41) is 14.7. The minimum absolute atomic E-state index is 0.127. The Morgan fingerprint density at radius 1 is 1.57 bits per heavy atom. The Hall–Kier alpha value is -2.83. The quantitative estimate of drug-likeness (QED) is 0.500. The van der Waals surface area contributed by atoms with Crippen molar-refractivity contribution >= 4 is 11.9 Å². The van der Waals surface area contributed by atoms with Crippen molar-refractivity contribution < 1.29 is 23.8 Å². The fourth-order valence-corrected chi connectivity index (χ4v) is 2.92. The zero-order chi connectivity index (χ0) is 16.6. The number of cyclic esters (lactones) is 1. The monoisotopic (exact) mass is 316 g/mol. The molecule has 7 nitrogen and oxygen atoms in total. The van der Waals surface area contributed by atoms with Gasteiger partial charge in [-0.05, 0) is 19.9 Å². The van der Waals surface area contributed by atoms with Gasteiger partial charge in [0.15, 0.2) is 12.4 Å². The Morgan fingerprint density at radius 3 is 3.04 bits per heavy atom. The summed E-state index contributed by atoms with van der Waals surface area (Å²) in [6.45, 7) is 3.79. The van der Waals surface area contributed by atoms with Gasteiger partial charge in [-0.1, -0.05) is 0 Å². The topological polar surface area (TPSA) is 91.6 Å². The van der Waals surface area contributed by atoms with Crippen molar-refractivity contribution in [2.24, 2.45) is 0 Å². The van der Waals surface area contributed by atoms with Crippen molar-refractivity contribution in [3.05, 3.63) is 57.8 Å². The van der Waals surface area contributed by atoms with Gasteiger partial charge in [0.1, 0.15) is 6.61 Å². The van der Waals surface area contributed by atoms with Crippen LogP contribution in [0.15, 0.2) is 47.1 Å². The molecule has 3 rings (SSSR count). The number of aromatic nitrogens is 1. The maximum Gasteiger partial charge on any atom is 0.337 e. The molecule has 1 atom stereocenters. The van der Waals surface area contributed by atoms with Gasteiger partial charge in [-0.15, -0.1) is 0 Å². The number of ether oxygens (including phenoxy) is 2. The molecule has 1 aromatic heterocycles. The Balaban J connectivity index is 2.15. The molecule has 7 heteroatoms. The predicted molar refractivity (Wildman–Crippen MR) is 78.6 cm³/mol. The van der Waals surface area contributed by atoms with Crippen LogP contribution in [0.25, 0.3) is 0 Å². The number of hydrogen-bond acceptors (Lipinski definition) is 6. The lowest BCUT2D eigenvalue weighted by Gasteiger charge is -2.26. The van der Waals surface area contributed by atoms with E-state index in [1.165, 1.54) is 12.4 Å². The number of carbonyl (C=O) groups is 2. The lowest BCUT2D eigenvalue weighted by atomic mass is 9.81. The van der Waals surface area contributed by atoms with Gasteiger partial charge in [-0.3, -0.25) is 0 Å². The number of esters is 2. The molecule has 3 heterocycles. The molecule has 2 aliphatic rings. The van der Waals surface area contributed by atoms with Crippen LogP contribution in [0.4, 0.5) is 0 Å². The maximum atomic E-state index is 12.4. The van der Waals surface area contributed by atoms with Gasteiger partial charge in [0.2, 0.25) is 0 Å². The Morgan fingerprint density at radius 2 is 2.35 bits per heavy atom. The first-order chi connectivity index (χ1) is 11.0. The second kappa shape index (κ2) is 5.75. The largest absolute Gasteiger partial charge is 0.619 e. The molecule has 0 amide bonds. The molecule has 0 radical (unpaired) electrons. The SMILES string of the molecule is CCOC(=O)C1=C(C)NC2=C(C(=O)OC2)C1c1ccc[n+]([O-])c1. The summed E-state index contributed by atoms with van der Waals surface area (Å²) in [5.74, 6) is -1.69. The van der Waals surface area contributed by atoms with Gasteiger partial charge in [0.25, 0.3) is 0 Å². The van der Waals surface area contributed by atoms with Crippen LogP contribution in [-0.2, 0) is 19.1 Å². The highest BCUT2D eigenvalue weighted by atomic mass is 16.5. The average Bonchev–Trinajstić information content (AvgIpc) is 2.87. The van der Waals surface area contributed by atoms with Crippen molar-refractivity contribution in [2.75, 3.05) is 13.2 Å². The second-order valence-electron chi connectivity index (χ2n) is 5.28. The molecule has 23 heavy (non-hydrogen) atoms. The molecule has 1 unspecified atom stereocenters. The van der Waals surface area contributed by atoms with Crippen molar-refractivity contribution in [1.29, 1.82) is 0 Å². The Kier molecular flexibility index (Phi) is 3.77. The van der Waals surface area contributed by atoms with Crippen molar-refractivity contribution in [3.8, 4) is 0 Å². The summed E-state index contributed by atoms with van der Waals surface area (Å²) in [7, 11) is 0. The highest BCUT2D eigenvalue weighted by Crippen LogP contribution is 2.40. The molecule has 0 bridgehead atoms. The third-order valence-electron chi connectivity index (χ3n) is 3.84. The highest BCUT2D eigenvalue weighted by molar-refractivity contribution is 6.01. The summed E-state index contributed by atoms with van der Waals surface area (Å²) in [6, 6.07) is 3.27. The van der Waals surface area contributed by atoms with E-state index in [0.29, 0.717) is 32.8 Å². The molecule has 1 N–H and O–H groups in total. The molecule has 1 aromatic rings. The molecular formula is C16H16N2O5. The lowest BCUT2D eigenvalue weighted by molar-refractivity contribution is -0.605. The standard InChI is InChI=1S/C16H16N2O5/c1-3-22-15(19)12-9(2)17-11-8-23-16(20)14(11)13(12)10-5-4-6-18(21)7-10/h4-7,13,17H,3,8H2,1-2H3. The normalized spacial score (nSPS) is 20.1. The van der Waals surface area contributed by atoms with E-state index in [1.807, 2.05) is 0 Å². The number of dihydropyridines is 1. The van der Waals surface area contributed by atoms with E-state index < -0.39 is 17.9 Å². The third kappa shape index (κ3) is 2.54. The van der Waals surface area contributed by atoms with Crippen LogP contribution < -0.4 is 10.0 Å². The number of carbonyl (C=O) groups excluding carboxylic acids is 2. The van der Waals surface area contributed by atoms with Gasteiger partial charge in [0, 0.05) is 17.3 Å². The number of hydrogen-bond donors (Lipinski definition) is 1. The summed E-state index contributed by atoms with van der Waals surface area (Å²) in [5.41, 5.74) is 2.41. The van der Waals surface area contributed by atoms with Crippen molar-refractivity contribution in [3.63, 3.8) is 0 Å². The minimum atomic E-state index is -0.679. The minimum Gasteiger partial charge on any atom is -0.619 e. The van der Waals surface area contributed by atoms with Gasteiger partial charge >= 0.3 is 11.9 Å². The van der Waals surface area contributed by atoms with E-state index in [-0.39, 0.29) is 13.2 Å². The second-order valence-corrected chi connectivity index (χ2v) is 5.28. The summed E-state index contributed by atoms with van der Waals surface area (Å²) in [4.78, 5) is 24.5. The van der Waals surface area contributed by atoms with E-state index in [2.05, 4.69) is 5.32 Å². The number of rotatable bonds is 3. The van der Waals surface area contributed by atoms with E-state index in [1.54, 1.807) is 26.0 Å². The zero-order valence-electron chi connectivity index (χ0n) is 12.8. The number of nitrogens with one attached hydrogen (secondary N) is 1. The molecule has 0 fully saturated rings. The number of nitrogens with zero attached hydrogens (tertiary/aromatic N) is 1. The Bertz CT molecular complexity index is 751. The molecule has 120 valence electrons. The van der Waals surface area contributed by atoms with Crippen LogP contribution >= 0.6 is 0 Å². The molecule has 0 aromatic carbocycles. The molecule has 0 aliphatic carbocycles. The smallest absolute Gasteiger partial charge is 0.337 e. The Labute approximate surface area is 132 Å². The van der Waals surface area contributed by atoms with Gasteiger partial charge in [-0.25, -0.2) is 9.59 Å². The average molecular weight is 316 g/mol. The molecule has 2 aliphatic heterocycles. The summed E-state index contributed by atoms with van der Waals surface area (Å²) >= 11 is 0. The van der Waals surface area contributed by atoms with Crippen molar-refractivity contribution in [1.82, 2.24) is 5.32 Å². The van der Waals surface area contributed by atoms with Crippen LogP contribution in [0.3, 0.4) is 0 Å². The van der Waals surface area contributed by atoms with E-state index in [9.17, 15) is 14.8 Å². The van der Waals surface area contributed by atoms with E-state index in [0.717, 1.165) is 0 Å². The molecular weight excluding hydrogens is 300 g/mol. The van der Waals surface area contributed by atoms with E-state index in [4.69, 9.17) is 9.47 Å². The van der Waals surface area contributed by atoms with Crippen LogP contribution in [0, 0.1) is 5.21 Å². The van der Waals surface area contributed by atoms with Gasteiger partial charge in [-0.2, -0.15) is 4.73 Å². The fourth-order valence-electron chi connectivity index (χ4n) is 2.92. The zero-order valence-corrected chi connectivity index (χ0v) is 12.8. The highest BCUT2D eigenvalue weighted by Gasteiger charge is 2.42. The van der Waals surface area contributed by atoms with Crippen LogP contribution in [-0.4, -0.2) is 25.2 Å². The fraction of sp³-hybridized carbons (Fsp3) is 0.312. The first-order valence-electron chi connectivity index (χ1n) is 7.26. The van der Waals surface area contributed by atoms with Crippen molar-refractivity contribution in [2.45, 2.75) is 19.8 Å². The number of allylic oxidation sites excluding steroid dienone is 1. The lowest BCUT2D eigenvalue weighted by Crippen LogP contribution is -2.32. The predicted octanol–water partition coefficient (Wildman–Crippen LogP) is 0.655. The van der Waals surface area contributed by atoms with Gasteiger partial charge in [0.05, 0.1) is 29.4 Å².